The second kappa shape index (κ2) is 8.98. The van der Waals surface area contributed by atoms with E-state index in [2.05, 4.69) is 68.2 Å². The Morgan fingerprint density at radius 3 is 2.47 bits per heavy atom. The van der Waals surface area contributed by atoms with Gasteiger partial charge in [0.2, 0.25) is 0 Å². The summed E-state index contributed by atoms with van der Waals surface area (Å²) in [5.74, 6) is 1.77. The molecule has 0 unspecified atom stereocenters. The Balaban J connectivity index is 1.40. The van der Waals surface area contributed by atoms with Crippen LogP contribution < -0.4 is 0 Å². The molecule has 0 radical (unpaired) electrons. The number of benzene rings is 2. The lowest BCUT2D eigenvalue weighted by atomic mass is 10.1. The summed E-state index contributed by atoms with van der Waals surface area (Å²) in [6.07, 6.45) is 3.88. The molecule has 3 heterocycles. The zero-order valence-electron chi connectivity index (χ0n) is 16.9. The third-order valence-corrected chi connectivity index (χ3v) is 6.50. The number of rotatable bonds is 6. The zero-order valence-corrected chi connectivity index (χ0v) is 17.8. The van der Waals surface area contributed by atoms with Gasteiger partial charge in [0, 0.05) is 16.8 Å². The predicted molar refractivity (Wildman–Crippen MR) is 122 cm³/mol. The number of aromatic nitrogens is 4. The van der Waals surface area contributed by atoms with Gasteiger partial charge in [-0.15, -0.1) is 10.2 Å². The fourth-order valence-electron chi connectivity index (χ4n) is 3.98. The van der Waals surface area contributed by atoms with E-state index in [1.54, 1.807) is 11.8 Å². The molecule has 1 fully saturated rings. The molecule has 0 N–H and O–H groups in total. The van der Waals surface area contributed by atoms with Crippen LogP contribution in [0, 0.1) is 0 Å². The van der Waals surface area contributed by atoms with Crippen molar-refractivity contribution in [3.05, 3.63) is 78.2 Å². The summed E-state index contributed by atoms with van der Waals surface area (Å²) in [5.41, 5.74) is 3.20. The van der Waals surface area contributed by atoms with Crippen molar-refractivity contribution in [2.75, 3.05) is 13.1 Å². The van der Waals surface area contributed by atoms with Gasteiger partial charge in [-0.25, -0.2) is 0 Å². The van der Waals surface area contributed by atoms with Crippen molar-refractivity contribution < 1.29 is 0 Å². The highest BCUT2D eigenvalue weighted by Gasteiger charge is 2.19. The molecule has 1 aliphatic heterocycles. The quantitative estimate of drug-likeness (QED) is 0.410. The van der Waals surface area contributed by atoms with Gasteiger partial charge >= 0.3 is 0 Å². The molecule has 152 valence electrons. The van der Waals surface area contributed by atoms with Crippen LogP contribution in [0.15, 0.2) is 71.9 Å². The van der Waals surface area contributed by atoms with E-state index >= 15 is 0 Å². The van der Waals surface area contributed by atoms with Crippen LogP contribution in [0.2, 0.25) is 0 Å². The van der Waals surface area contributed by atoms with Crippen LogP contribution in [0.1, 0.15) is 30.8 Å². The number of piperidine rings is 1. The van der Waals surface area contributed by atoms with Crippen LogP contribution in [0.4, 0.5) is 0 Å². The Morgan fingerprint density at radius 1 is 0.800 bits per heavy atom. The van der Waals surface area contributed by atoms with Gasteiger partial charge < -0.3 is 0 Å². The van der Waals surface area contributed by atoms with Gasteiger partial charge in [-0.2, -0.15) is 0 Å². The number of fused-ring (bicyclic) bond motifs is 1. The first-order valence-electron chi connectivity index (χ1n) is 10.6. The topological polar surface area (TPSA) is 46.8 Å². The Bertz CT molecular complexity index is 1120. The standard InChI is InChI=1S/C24H25N5S/c1-3-10-21(11-4-1)29-23(17-28-15-7-2-8-16-28)26-27-24(29)30-18-20-14-13-19-9-5-6-12-22(19)25-20/h1,3-6,9-14H,2,7-8,15-18H2. The molecule has 2 aromatic carbocycles. The van der Waals surface area contributed by atoms with Crippen LogP contribution in [-0.2, 0) is 12.3 Å². The van der Waals surface area contributed by atoms with Crippen molar-refractivity contribution >= 4 is 22.7 Å². The molecule has 0 amide bonds. The number of hydrogen-bond donors (Lipinski definition) is 0. The van der Waals surface area contributed by atoms with Gasteiger partial charge in [-0.3, -0.25) is 14.5 Å². The molecular weight excluding hydrogens is 390 g/mol. The molecule has 30 heavy (non-hydrogen) atoms. The number of pyridine rings is 1. The normalized spacial score (nSPS) is 14.9. The van der Waals surface area contributed by atoms with Crippen LogP contribution >= 0.6 is 11.8 Å². The first kappa shape index (κ1) is 19.3. The predicted octanol–water partition coefficient (Wildman–Crippen LogP) is 5.09. The summed E-state index contributed by atoms with van der Waals surface area (Å²) in [6.45, 7) is 3.13. The third-order valence-electron chi connectivity index (χ3n) is 5.53. The lowest BCUT2D eigenvalue weighted by Gasteiger charge is -2.26. The average Bonchev–Trinajstić information content (AvgIpc) is 3.21. The van der Waals surface area contributed by atoms with Crippen LogP contribution in [0.3, 0.4) is 0 Å². The van der Waals surface area contributed by atoms with Gasteiger partial charge in [-0.1, -0.05) is 60.6 Å². The molecule has 0 saturated carbocycles. The number of thioether (sulfide) groups is 1. The molecule has 5 nitrogen and oxygen atoms in total. The number of para-hydroxylation sites is 2. The van der Waals surface area contributed by atoms with Gasteiger partial charge in [-0.05, 0) is 50.2 Å². The van der Waals surface area contributed by atoms with E-state index in [0.29, 0.717) is 0 Å². The fourth-order valence-corrected chi connectivity index (χ4v) is 4.85. The first-order valence-corrected chi connectivity index (χ1v) is 11.5. The van der Waals surface area contributed by atoms with Crippen molar-refractivity contribution in [2.24, 2.45) is 0 Å². The number of likely N-dealkylation sites (tertiary alicyclic amines) is 1. The molecule has 0 aliphatic carbocycles. The summed E-state index contributed by atoms with van der Waals surface area (Å²) >= 11 is 1.69. The molecule has 1 aliphatic rings. The average molecular weight is 416 g/mol. The minimum absolute atomic E-state index is 0.763. The highest BCUT2D eigenvalue weighted by molar-refractivity contribution is 7.98. The van der Waals surface area contributed by atoms with Crippen molar-refractivity contribution in [3.8, 4) is 5.69 Å². The highest BCUT2D eigenvalue weighted by Crippen LogP contribution is 2.26. The summed E-state index contributed by atoms with van der Waals surface area (Å²) < 4.78 is 2.21. The Morgan fingerprint density at radius 2 is 1.60 bits per heavy atom. The smallest absolute Gasteiger partial charge is 0.196 e. The molecule has 5 rings (SSSR count). The third kappa shape index (κ3) is 4.25. The molecule has 0 bridgehead atoms. The largest absolute Gasteiger partial charge is 0.296 e. The van der Waals surface area contributed by atoms with Crippen LogP contribution in [0.25, 0.3) is 16.6 Å². The summed E-state index contributed by atoms with van der Waals surface area (Å²) in [6, 6.07) is 22.9. The SMILES string of the molecule is c1ccc(-n2c(CN3CCCCC3)nnc2SCc2ccc3ccccc3n2)cc1. The summed E-state index contributed by atoms with van der Waals surface area (Å²) in [7, 11) is 0. The van der Waals surface area contributed by atoms with Crippen molar-refractivity contribution in [3.63, 3.8) is 0 Å². The van der Waals surface area contributed by atoms with E-state index in [1.807, 2.05) is 18.2 Å². The Kier molecular flexibility index (Phi) is 5.77. The van der Waals surface area contributed by atoms with E-state index in [-0.39, 0.29) is 0 Å². The van der Waals surface area contributed by atoms with Crippen molar-refractivity contribution in [1.82, 2.24) is 24.6 Å². The maximum absolute atomic E-state index is 4.81. The zero-order chi connectivity index (χ0) is 20.2. The minimum Gasteiger partial charge on any atom is -0.296 e. The highest BCUT2D eigenvalue weighted by atomic mass is 32.2. The second-order valence-corrected chi connectivity index (χ2v) is 8.63. The molecule has 4 aromatic rings. The molecule has 6 heteroatoms. The monoisotopic (exact) mass is 415 g/mol. The number of hydrogen-bond acceptors (Lipinski definition) is 5. The van der Waals surface area contributed by atoms with E-state index in [0.717, 1.165) is 53.3 Å². The lowest BCUT2D eigenvalue weighted by molar-refractivity contribution is 0.214. The fraction of sp³-hybridized carbons (Fsp3) is 0.292. The van der Waals surface area contributed by atoms with E-state index in [4.69, 9.17) is 4.98 Å². The maximum atomic E-state index is 4.81. The lowest BCUT2D eigenvalue weighted by Crippen LogP contribution is -2.30. The van der Waals surface area contributed by atoms with Gasteiger partial charge in [0.25, 0.3) is 0 Å². The summed E-state index contributed by atoms with van der Waals surface area (Å²) in [4.78, 5) is 7.30. The molecule has 0 atom stereocenters. The molecule has 0 spiro atoms. The Labute approximate surface area is 181 Å². The second-order valence-electron chi connectivity index (χ2n) is 7.69. The van der Waals surface area contributed by atoms with Crippen LogP contribution in [-0.4, -0.2) is 37.7 Å². The minimum atomic E-state index is 0.763. The Hall–Kier alpha value is -2.70. The van der Waals surface area contributed by atoms with Crippen LogP contribution in [0.5, 0.6) is 0 Å². The van der Waals surface area contributed by atoms with Gasteiger partial charge in [0.15, 0.2) is 11.0 Å². The summed E-state index contributed by atoms with van der Waals surface area (Å²) in [5, 5.41) is 11.2. The van der Waals surface area contributed by atoms with E-state index in [9.17, 15) is 0 Å². The maximum Gasteiger partial charge on any atom is 0.196 e. The molecular formula is C24H25N5S. The van der Waals surface area contributed by atoms with E-state index < -0.39 is 0 Å². The first-order chi connectivity index (χ1) is 14.9. The molecule has 2 aromatic heterocycles. The van der Waals surface area contributed by atoms with Gasteiger partial charge in [0.05, 0.1) is 17.8 Å². The van der Waals surface area contributed by atoms with Crippen molar-refractivity contribution in [2.45, 2.75) is 36.7 Å². The molecule has 1 saturated heterocycles. The number of nitrogens with zero attached hydrogens (tertiary/aromatic N) is 5. The van der Waals surface area contributed by atoms with Gasteiger partial charge in [0.1, 0.15) is 0 Å². The van der Waals surface area contributed by atoms with Crippen molar-refractivity contribution in [1.29, 1.82) is 0 Å². The van der Waals surface area contributed by atoms with E-state index in [1.165, 1.54) is 24.6 Å².